The number of nitrogens with two attached hydrogens (primary N) is 1. The average Bonchev–Trinajstić information content (AvgIpc) is 2.86. The van der Waals surface area contributed by atoms with Gasteiger partial charge in [-0.2, -0.15) is 0 Å². The molecule has 0 amide bonds. The van der Waals surface area contributed by atoms with Gasteiger partial charge in [0.05, 0.1) is 16.3 Å². The zero-order valence-corrected chi connectivity index (χ0v) is 10.3. The van der Waals surface area contributed by atoms with E-state index >= 15 is 0 Å². The molecule has 0 heterocycles. The summed E-state index contributed by atoms with van der Waals surface area (Å²) in [5.41, 5.74) is 7.26. The SMILES string of the molecule is CC1(Nc2ccc(S(C)(=O)=O)cc2N)CC1. The number of anilines is 2. The van der Waals surface area contributed by atoms with Crippen molar-refractivity contribution in [2.75, 3.05) is 17.3 Å². The summed E-state index contributed by atoms with van der Waals surface area (Å²) in [7, 11) is -3.18. The summed E-state index contributed by atoms with van der Waals surface area (Å²) in [5, 5.41) is 3.32. The number of hydrogen-bond acceptors (Lipinski definition) is 4. The van der Waals surface area contributed by atoms with E-state index in [1.165, 1.54) is 12.3 Å². The third kappa shape index (κ3) is 2.29. The lowest BCUT2D eigenvalue weighted by Crippen LogP contribution is -2.17. The molecule has 0 bridgehead atoms. The molecule has 1 aromatic rings. The van der Waals surface area contributed by atoms with Gasteiger partial charge >= 0.3 is 0 Å². The molecule has 0 unspecified atom stereocenters. The van der Waals surface area contributed by atoms with Crippen molar-refractivity contribution in [1.82, 2.24) is 0 Å². The molecule has 0 saturated heterocycles. The lowest BCUT2D eigenvalue weighted by Gasteiger charge is -2.15. The van der Waals surface area contributed by atoms with Gasteiger partial charge in [-0.25, -0.2) is 8.42 Å². The van der Waals surface area contributed by atoms with Crippen LogP contribution in [0, 0.1) is 0 Å². The Morgan fingerprint density at radius 3 is 2.44 bits per heavy atom. The minimum atomic E-state index is -3.18. The molecule has 16 heavy (non-hydrogen) atoms. The van der Waals surface area contributed by atoms with Crippen LogP contribution < -0.4 is 11.1 Å². The van der Waals surface area contributed by atoms with Crippen molar-refractivity contribution < 1.29 is 8.42 Å². The fourth-order valence-corrected chi connectivity index (χ4v) is 2.18. The molecule has 0 radical (unpaired) electrons. The fourth-order valence-electron chi connectivity index (χ4n) is 1.52. The van der Waals surface area contributed by atoms with Crippen molar-refractivity contribution in [3.05, 3.63) is 18.2 Å². The number of sulfone groups is 1. The van der Waals surface area contributed by atoms with E-state index in [-0.39, 0.29) is 10.4 Å². The van der Waals surface area contributed by atoms with Gasteiger partial charge in [-0.1, -0.05) is 0 Å². The largest absolute Gasteiger partial charge is 0.397 e. The molecule has 0 spiro atoms. The second kappa shape index (κ2) is 3.38. The second-order valence-corrected chi connectivity index (χ2v) is 6.72. The first-order valence-corrected chi connectivity index (χ1v) is 7.07. The molecule has 1 aliphatic carbocycles. The highest BCUT2D eigenvalue weighted by Gasteiger charge is 2.37. The molecule has 0 aromatic heterocycles. The van der Waals surface area contributed by atoms with E-state index in [0.717, 1.165) is 18.5 Å². The van der Waals surface area contributed by atoms with E-state index in [9.17, 15) is 8.42 Å². The van der Waals surface area contributed by atoms with Crippen LogP contribution in [-0.2, 0) is 9.84 Å². The molecule has 1 aliphatic rings. The second-order valence-electron chi connectivity index (χ2n) is 4.71. The maximum absolute atomic E-state index is 11.3. The van der Waals surface area contributed by atoms with Crippen molar-refractivity contribution in [2.24, 2.45) is 0 Å². The Bertz CT molecular complexity index is 519. The normalized spacial score (nSPS) is 18.1. The van der Waals surface area contributed by atoms with Crippen molar-refractivity contribution in [1.29, 1.82) is 0 Å². The maximum Gasteiger partial charge on any atom is 0.175 e. The molecule has 1 saturated carbocycles. The van der Waals surface area contributed by atoms with Gasteiger partial charge in [0, 0.05) is 11.8 Å². The van der Waals surface area contributed by atoms with Gasteiger partial charge < -0.3 is 11.1 Å². The third-order valence-electron chi connectivity index (χ3n) is 2.89. The van der Waals surface area contributed by atoms with Crippen molar-refractivity contribution in [3.63, 3.8) is 0 Å². The Hall–Kier alpha value is -1.23. The van der Waals surface area contributed by atoms with Crippen LogP contribution in [0.3, 0.4) is 0 Å². The summed E-state index contributed by atoms with van der Waals surface area (Å²) in [6.45, 7) is 2.12. The van der Waals surface area contributed by atoms with Crippen LogP contribution in [0.2, 0.25) is 0 Å². The first kappa shape index (κ1) is 11.3. The van der Waals surface area contributed by atoms with E-state index in [1.54, 1.807) is 12.1 Å². The Balaban J connectivity index is 2.30. The molecule has 0 atom stereocenters. The molecule has 2 rings (SSSR count). The lowest BCUT2D eigenvalue weighted by molar-refractivity contribution is 0.602. The number of nitrogens with one attached hydrogen (secondary N) is 1. The smallest absolute Gasteiger partial charge is 0.175 e. The Labute approximate surface area is 95.8 Å². The Morgan fingerprint density at radius 1 is 1.38 bits per heavy atom. The quantitative estimate of drug-likeness (QED) is 0.788. The van der Waals surface area contributed by atoms with Crippen LogP contribution in [0.5, 0.6) is 0 Å². The van der Waals surface area contributed by atoms with Crippen LogP contribution in [0.25, 0.3) is 0 Å². The summed E-state index contributed by atoms with van der Waals surface area (Å²) in [6.07, 6.45) is 3.43. The minimum Gasteiger partial charge on any atom is -0.397 e. The topological polar surface area (TPSA) is 72.2 Å². The zero-order valence-electron chi connectivity index (χ0n) is 9.45. The monoisotopic (exact) mass is 240 g/mol. The summed E-state index contributed by atoms with van der Waals surface area (Å²) in [4.78, 5) is 0.261. The van der Waals surface area contributed by atoms with E-state index in [0.29, 0.717) is 5.69 Å². The van der Waals surface area contributed by atoms with Gasteiger partial charge in [-0.15, -0.1) is 0 Å². The lowest BCUT2D eigenvalue weighted by atomic mass is 10.2. The molecule has 4 nitrogen and oxygen atoms in total. The van der Waals surface area contributed by atoms with Gasteiger partial charge in [0.15, 0.2) is 9.84 Å². The standard InChI is InChI=1S/C11H16N2O2S/c1-11(5-6-11)13-10-4-3-8(7-9(10)12)16(2,14)15/h3-4,7,13H,5-6,12H2,1-2H3. The highest BCUT2D eigenvalue weighted by Crippen LogP contribution is 2.39. The molecular weight excluding hydrogens is 224 g/mol. The molecule has 5 heteroatoms. The van der Waals surface area contributed by atoms with Crippen LogP contribution in [0.4, 0.5) is 11.4 Å². The molecule has 0 aliphatic heterocycles. The molecule has 3 N–H and O–H groups in total. The highest BCUT2D eigenvalue weighted by molar-refractivity contribution is 7.90. The fraction of sp³-hybridized carbons (Fsp3) is 0.455. The first-order chi connectivity index (χ1) is 7.30. The van der Waals surface area contributed by atoms with E-state index < -0.39 is 9.84 Å². The number of hydrogen-bond donors (Lipinski definition) is 2. The minimum absolute atomic E-state index is 0.140. The average molecular weight is 240 g/mol. The van der Waals surface area contributed by atoms with Gasteiger partial charge in [-0.05, 0) is 38.0 Å². The summed E-state index contributed by atoms with van der Waals surface area (Å²) < 4.78 is 22.6. The number of benzene rings is 1. The van der Waals surface area contributed by atoms with Crippen LogP contribution in [-0.4, -0.2) is 20.2 Å². The summed E-state index contributed by atoms with van der Waals surface area (Å²) in [5.74, 6) is 0. The maximum atomic E-state index is 11.3. The van der Waals surface area contributed by atoms with Crippen molar-refractivity contribution >= 4 is 21.2 Å². The molecule has 1 fully saturated rings. The summed E-state index contributed by atoms with van der Waals surface area (Å²) >= 11 is 0. The molecule has 1 aromatic carbocycles. The van der Waals surface area contributed by atoms with Gasteiger partial charge in [0.1, 0.15) is 0 Å². The predicted molar refractivity (Wildman–Crippen MR) is 65.2 cm³/mol. The highest BCUT2D eigenvalue weighted by atomic mass is 32.2. The first-order valence-electron chi connectivity index (χ1n) is 5.18. The van der Waals surface area contributed by atoms with E-state index in [2.05, 4.69) is 12.2 Å². The Kier molecular flexibility index (Phi) is 2.38. The predicted octanol–water partition coefficient (Wildman–Crippen LogP) is 1.64. The van der Waals surface area contributed by atoms with Gasteiger partial charge in [-0.3, -0.25) is 0 Å². The van der Waals surface area contributed by atoms with Crippen molar-refractivity contribution in [3.8, 4) is 0 Å². The number of rotatable bonds is 3. The molecule has 88 valence electrons. The third-order valence-corrected chi connectivity index (χ3v) is 4.00. The van der Waals surface area contributed by atoms with Crippen LogP contribution in [0.1, 0.15) is 19.8 Å². The molecular formula is C11H16N2O2S. The van der Waals surface area contributed by atoms with Crippen molar-refractivity contribution in [2.45, 2.75) is 30.2 Å². The number of nitrogen functional groups attached to an aromatic ring is 1. The Morgan fingerprint density at radius 2 is 2.00 bits per heavy atom. The van der Waals surface area contributed by atoms with Gasteiger partial charge in [0.25, 0.3) is 0 Å². The van der Waals surface area contributed by atoms with Crippen LogP contribution >= 0.6 is 0 Å². The zero-order chi connectivity index (χ0) is 12.0. The summed E-state index contributed by atoms with van der Waals surface area (Å²) in [6, 6.07) is 4.82. The van der Waals surface area contributed by atoms with E-state index in [1.807, 2.05) is 0 Å². The van der Waals surface area contributed by atoms with Crippen LogP contribution in [0.15, 0.2) is 23.1 Å². The van der Waals surface area contributed by atoms with Gasteiger partial charge in [0.2, 0.25) is 0 Å². The van der Waals surface area contributed by atoms with E-state index in [4.69, 9.17) is 5.73 Å².